The van der Waals surface area contributed by atoms with Crippen LogP contribution in [0.3, 0.4) is 0 Å². The predicted octanol–water partition coefficient (Wildman–Crippen LogP) is 3.66. The molecule has 0 spiro atoms. The minimum absolute atomic E-state index is 0.0224. The van der Waals surface area contributed by atoms with Gasteiger partial charge in [0.1, 0.15) is 22.6 Å². The van der Waals surface area contributed by atoms with E-state index >= 15 is 0 Å². The van der Waals surface area contributed by atoms with E-state index in [4.69, 9.17) is 26.4 Å². The lowest BCUT2D eigenvalue weighted by atomic mass is 10.1. The molecule has 0 atom stereocenters. The van der Waals surface area contributed by atoms with Gasteiger partial charge in [0.05, 0.1) is 16.6 Å². The molecule has 3 aromatic rings. The Morgan fingerprint density at radius 1 is 1.30 bits per heavy atom. The second-order valence-corrected chi connectivity index (χ2v) is 11.0. The van der Waals surface area contributed by atoms with E-state index in [0.29, 0.717) is 50.6 Å². The molecule has 0 radical (unpaired) electrons. The van der Waals surface area contributed by atoms with Gasteiger partial charge < -0.3 is 25.0 Å². The Bertz CT molecular complexity index is 1260. The fourth-order valence-electron chi connectivity index (χ4n) is 4.15. The van der Waals surface area contributed by atoms with Crippen LogP contribution in [-0.2, 0) is 11.3 Å². The van der Waals surface area contributed by atoms with E-state index in [9.17, 15) is 9.59 Å². The average Bonchev–Trinajstić information content (AvgIpc) is 3.32. The topological polar surface area (TPSA) is 138 Å². The SMILES string of the molecule is CO.COC(=O)c1sc(N2CCC(NC(=O)c3[nH]c(C)c(Cl)c3Br)CC2)nc1-c1ncnn1CC1CC1. The molecular weight excluding hydrogens is 586 g/mol. The van der Waals surface area contributed by atoms with E-state index < -0.39 is 5.97 Å². The summed E-state index contributed by atoms with van der Waals surface area (Å²) in [5.74, 6) is 0.575. The maximum Gasteiger partial charge on any atom is 0.350 e. The summed E-state index contributed by atoms with van der Waals surface area (Å²) in [6, 6.07) is 0.0224. The zero-order chi connectivity index (χ0) is 26.7. The minimum Gasteiger partial charge on any atom is -0.465 e. The van der Waals surface area contributed by atoms with Gasteiger partial charge in [0.2, 0.25) is 0 Å². The molecule has 1 aliphatic heterocycles. The van der Waals surface area contributed by atoms with Gasteiger partial charge in [-0.3, -0.25) is 4.79 Å². The molecule has 0 unspecified atom stereocenters. The third kappa shape index (κ3) is 6.00. The number of piperidine rings is 1. The van der Waals surface area contributed by atoms with Crippen molar-refractivity contribution in [3.63, 3.8) is 0 Å². The summed E-state index contributed by atoms with van der Waals surface area (Å²) >= 11 is 10.9. The molecule has 0 aromatic carbocycles. The summed E-state index contributed by atoms with van der Waals surface area (Å²) in [5.41, 5.74) is 1.68. The molecular formula is C23H29BrClN7O4S. The van der Waals surface area contributed by atoms with E-state index in [2.05, 4.69) is 41.2 Å². The van der Waals surface area contributed by atoms with Gasteiger partial charge in [0, 0.05) is 38.5 Å². The van der Waals surface area contributed by atoms with E-state index in [1.165, 1.54) is 37.6 Å². The first-order valence-corrected chi connectivity index (χ1v) is 13.9. The number of amides is 1. The number of aryl methyl sites for hydroxylation is 1. The molecule has 5 rings (SSSR count). The fraction of sp³-hybridized carbons (Fsp3) is 0.522. The lowest BCUT2D eigenvalue weighted by Crippen LogP contribution is -2.44. The van der Waals surface area contributed by atoms with E-state index in [1.807, 2.05) is 11.6 Å². The third-order valence-electron chi connectivity index (χ3n) is 6.32. The van der Waals surface area contributed by atoms with Crippen LogP contribution in [0.25, 0.3) is 11.5 Å². The third-order valence-corrected chi connectivity index (χ3v) is 8.91. The Hall–Kier alpha value is -2.48. The van der Waals surface area contributed by atoms with Crippen LogP contribution in [-0.4, -0.2) is 75.1 Å². The van der Waals surface area contributed by atoms with Crippen LogP contribution < -0.4 is 10.2 Å². The highest BCUT2D eigenvalue weighted by molar-refractivity contribution is 9.10. The van der Waals surface area contributed by atoms with E-state index in [1.54, 1.807) is 0 Å². The number of methoxy groups -OCH3 is 1. The van der Waals surface area contributed by atoms with Crippen LogP contribution >= 0.6 is 38.9 Å². The Balaban J connectivity index is 0.00000156. The summed E-state index contributed by atoms with van der Waals surface area (Å²) < 4.78 is 7.43. The quantitative estimate of drug-likeness (QED) is 0.343. The van der Waals surface area contributed by atoms with Crippen molar-refractivity contribution in [1.82, 2.24) is 30.0 Å². The number of H-pyrrole nitrogens is 1. The first-order valence-electron chi connectivity index (χ1n) is 11.9. The van der Waals surface area contributed by atoms with Gasteiger partial charge in [0.15, 0.2) is 11.0 Å². The number of rotatable bonds is 7. The molecule has 2 fully saturated rings. The number of carbonyl (C=O) groups is 2. The number of aliphatic hydroxyl groups excluding tert-OH is 1. The van der Waals surface area contributed by atoms with Crippen molar-refractivity contribution in [1.29, 1.82) is 0 Å². The summed E-state index contributed by atoms with van der Waals surface area (Å²) in [6.45, 7) is 3.98. The van der Waals surface area contributed by atoms with Crippen molar-refractivity contribution in [2.24, 2.45) is 5.92 Å². The monoisotopic (exact) mass is 613 g/mol. The Kier molecular flexibility index (Phi) is 8.88. The lowest BCUT2D eigenvalue weighted by molar-refractivity contribution is 0.0606. The number of carbonyl (C=O) groups excluding carboxylic acids is 2. The molecule has 1 saturated heterocycles. The Morgan fingerprint density at radius 2 is 2.00 bits per heavy atom. The predicted molar refractivity (Wildman–Crippen MR) is 144 cm³/mol. The molecule has 1 amide bonds. The van der Waals surface area contributed by atoms with Crippen molar-refractivity contribution in [2.45, 2.75) is 45.2 Å². The van der Waals surface area contributed by atoms with E-state index in [-0.39, 0.29) is 11.9 Å². The Labute approximate surface area is 231 Å². The molecule has 0 bridgehead atoms. The number of anilines is 1. The van der Waals surface area contributed by atoms with Crippen LogP contribution in [0.2, 0.25) is 5.02 Å². The van der Waals surface area contributed by atoms with Crippen molar-refractivity contribution in [3.8, 4) is 11.5 Å². The molecule has 4 heterocycles. The van der Waals surface area contributed by atoms with Crippen LogP contribution in [0, 0.1) is 12.8 Å². The van der Waals surface area contributed by atoms with Crippen LogP contribution in [0.5, 0.6) is 0 Å². The van der Waals surface area contributed by atoms with E-state index in [0.717, 1.165) is 37.3 Å². The van der Waals surface area contributed by atoms with Crippen molar-refractivity contribution >= 4 is 55.9 Å². The maximum atomic E-state index is 12.7. The van der Waals surface area contributed by atoms with Gasteiger partial charge in [-0.2, -0.15) is 5.10 Å². The van der Waals surface area contributed by atoms with Crippen LogP contribution in [0.4, 0.5) is 5.13 Å². The van der Waals surface area contributed by atoms with Gasteiger partial charge in [-0.25, -0.2) is 19.4 Å². The molecule has 1 aliphatic carbocycles. The largest absolute Gasteiger partial charge is 0.465 e. The number of hydrogen-bond donors (Lipinski definition) is 3. The molecule has 1 saturated carbocycles. The number of esters is 1. The fourth-order valence-corrected chi connectivity index (χ4v) is 5.90. The van der Waals surface area contributed by atoms with Crippen molar-refractivity contribution < 1.29 is 19.4 Å². The highest BCUT2D eigenvalue weighted by Crippen LogP contribution is 2.36. The number of aliphatic hydroxyl groups is 1. The zero-order valence-electron chi connectivity index (χ0n) is 20.8. The zero-order valence-corrected chi connectivity index (χ0v) is 23.9. The molecule has 2 aliphatic rings. The number of nitrogens with zero attached hydrogens (tertiary/aromatic N) is 5. The number of halogens is 2. The van der Waals surface area contributed by atoms with Gasteiger partial charge >= 0.3 is 5.97 Å². The first-order chi connectivity index (χ1) is 17.9. The maximum absolute atomic E-state index is 12.7. The van der Waals surface area contributed by atoms with Gasteiger partial charge in [-0.05, 0) is 54.5 Å². The molecule has 3 aromatic heterocycles. The molecule has 14 heteroatoms. The van der Waals surface area contributed by atoms with Gasteiger partial charge in [-0.1, -0.05) is 22.9 Å². The Morgan fingerprint density at radius 3 is 2.59 bits per heavy atom. The summed E-state index contributed by atoms with van der Waals surface area (Å²) in [4.78, 5) is 40.1. The number of hydrogen-bond acceptors (Lipinski definition) is 9. The second kappa shape index (κ2) is 11.9. The van der Waals surface area contributed by atoms with Crippen LogP contribution in [0.15, 0.2) is 10.8 Å². The number of aromatic amines is 1. The lowest BCUT2D eigenvalue weighted by Gasteiger charge is -2.32. The summed E-state index contributed by atoms with van der Waals surface area (Å²) in [7, 11) is 2.37. The molecule has 11 nitrogen and oxygen atoms in total. The highest BCUT2D eigenvalue weighted by atomic mass is 79.9. The van der Waals surface area contributed by atoms with Crippen LogP contribution in [0.1, 0.15) is 51.5 Å². The summed E-state index contributed by atoms with van der Waals surface area (Å²) in [5, 5.41) is 15.7. The number of nitrogens with one attached hydrogen (secondary N) is 2. The smallest absolute Gasteiger partial charge is 0.350 e. The first kappa shape index (κ1) is 27.6. The average molecular weight is 615 g/mol. The molecule has 37 heavy (non-hydrogen) atoms. The van der Waals surface area contributed by atoms with Crippen molar-refractivity contribution in [3.05, 3.63) is 32.1 Å². The standard InChI is InChI=1S/C22H25BrClN7O3S.CH4O/c1-11-15(24)14(23)16(27-11)20(32)28-13-5-7-30(8-6-13)22-29-17(18(35-22)21(33)34-2)19-25-10-26-31(19)9-12-3-4-12;1-2/h10,12-13,27H,3-9H2,1-2H3,(H,28,32);2H,1H3. The van der Waals surface area contributed by atoms with Gasteiger partial charge in [-0.15, -0.1) is 0 Å². The minimum atomic E-state index is -0.433. The van der Waals surface area contributed by atoms with Gasteiger partial charge in [0.25, 0.3) is 5.91 Å². The van der Waals surface area contributed by atoms with Crippen molar-refractivity contribution in [2.75, 3.05) is 32.2 Å². The molecule has 200 valence electrons. The number of thiazole rings is 1. The normalized spacial score (nSPS) is 15.8. The second-order valence-electron chi connectivity index (χ2n) is 8.86. The number of aromatic nitrogens is 5. The summed E-state index contributed by atoms with van der Waals surface area (Å²) in [6.07, 6.45) is 5.37. The molecule has 3 N–H and O–H groups in total. The highest BCUT2D eigenvalue weighted by Gasteiger charge is 2.30. The number of ether oxygens (including phenoxy) is 1.